The fourth-order valence-corrected chi connectivity index (χ4v) is 3.37. The van der Waals surface area contributed by atoms with Crippen LogP contribution in [0, 0.1) is 12.7 Å². The Hall–Kier alpha value is -2.73. The van der Waals surface area contributed by atoms with Crippen molar-refractivity contribution in [2.45, 2.75) is 17.7 Å². The zero-order valence-corrected chi connectivity index (χ0v) is 14.3. The summed E-state index contributed by atoms with van der Waals surface area (Å²) in [6.45, 7) is 2.08. The molecule has 0 aliphatic carbocycles. The van der Waals surface area contributed by atoms with Gasteiger partial charge >= 0.3 is 0 Å². The van der Waals surface area contributed by atoms with Crippen molar-refractivity contribution in [3.05, 3.63) is 71.8 Å². The van der Waals surface area contributed by atoms with Gasteiger partial charge in [0.25, 0.3) is 5.89 Å². The van der Waals surface area contributed by atoms with Crippen molar-refractivity contribution in [1.82, 2.24) is 15.1 Å². The Morgan fingerprint density at radius 2 is 1.84 bits per heavy atom. The van der Waals surface area contributed by atoms with Crippen molar-refractivity contribution < 1.29 is 8.91 Å². The molecule has 4 rings (SSSR count). The van der Waals surface area contributed by atoms with E-state index in [4.69, 9.17) is 4.52 Å². The predicted octanol–water partition coefficient (Wildman–Crippen LogP) is 5.02. The van der Waals surface area contributed by atoms with Crippen molar-refractivity contribution in [2.75, 3.05) is 0 Å². The molecule has 0 fully saturated rings. The fourth-order valence-electron chi connectivity index (χ4n) is 2.55. The number of benzene rings is 2. The highest BCUT2D eigenvalue weighted by Crippen LogP contribution is 2.26. The van der Waals surface area contributed by atoms with Gasteiger partial charge in [0, 0.05) is 10.9 Å². The molecule has 0 amide bonds. The smallest absolute Gasteiger partial charge is 0.257 e. The van der Waals surface area contributed by atoms with Gasteiger partial charge in [-0.05, 0) is 48.9 Å². The van der Waals surface area contributed by atoms with Gasteiger partial charge in [-0.3, -0.25) is 0 Å². The van der Waals surface area contributed by atoms with E-state index in [1.165, 1.54) is 17.7 Å². The number of nitrogens with zero attached hydrogens (tertiary/aromatic N) is 3. The maximum atomic E-state index is 13.0. The molecule has 4 nitrogen and oxygen atoms in total. The van der Waals surface area contributed by atoms with Crippen LogP contribution < -0.4 is 0 Å². The Kier molecular flexibility index (Phi) is 4.19. The van der Waals surface area contributed by atoms with Gasteiger partial charge < -0.3 is 4.52 Å². The van der Waals surface area contributed by atoms with Crippen LogP contribution in [0.4, 0.5) is 4.39 Å². The lowest BCUT2D eigenvalue weighted by molar-refractivity contribution is 0.425. The van der Waals surface area contributed by atoms with Crippen LogP contribution in [0.1, 0.15) is 11.4 Å². The molecule has 0 aliphatic rings. The second-order valence-corrected chi connectivity index (χ2v) is 6.60. The van der Waals surface area contributed by atoms with E-state index in [9.17, 15) is 4.39 Å². The SMILES string of the molecule is Cc1cc(SCc2noc(-c3ccc(F)cc3)n2)nc2ccccc12. The number of aryl methyl sites for hydroxylation is 1. The third-order valence-electron chi connectivity index (χ3n) is 3.81. The number of pyridine rings is 1. The number of hydrogen-bond donors (Lipinski definition) is 0. The molecule has 0 aliphatic heterocycles. The average molecular weight is 351 g/mol. The number of rotatable bonds is 4. The first-order valence-corrected chi connectivity index (χ1v) is 8.75. The van der Waals surface area contributed by atoms with Crippen LogP contribution in [-0.4, -0.2) is 15.1 Å². The summed E-state index contributed by atoms with van der Waals surface area (Å²) < 4.78 is 18.2. The highest BCUT2D eigenvalue weighted by Gasteiger charge is 2.10. The van der Waals surface area contributed by atoms with Crippen LogP contribution in [0.5, 0.6) is 0 Å². The number of aromatic nitrogens is 3. The summed E-state index contributed by atoms with van der Waals surface area (Å²) in [5.74, 6) is 1.22. The van der Waals surface area contributed by atoms with E-state index in [1.54, 1.807) is 23.9 Å². The van der Waals surface area contributed by atoms with Gasteiger partial charge in [0.15, 0.2) is 5.82 Å². The lowest BCUT2D eigenvalue weighted by atomic mass is 10.1. The molecular formula is C19H14FN3OS. The molecule has 25 heavy (non-hydrogen) atoms. The average Bonchev–Trinajstić information content (AvgIpc) is 3.10. The molecule has 2 heterocycles. The summed E-state index contributed by atoms with van der Waals surface area (Å²) >= 11 is 1.56. The molecule has 0 unspecified atom stereocenters. The van der Waals surface area contributed by atoms with Crippen LogP contribution in [0.15, 0.2) is 64.1 Å². The zero-order chi connectivity index (χ0) is 17.2. The molecule has 0 bridgehead atoms. The van der Waals surface area contributed by atoms with E-state index >= 15 is 0 Å². The van der Waals surface area contributed by atoms with Crippen molar-refractivity contribution in [2.24, 2.45) is 0 Å². The van der Waals surface area contributed by atoms with Gasteiger partial charge in [0.1, 0.15) is 5.82 Å². The Morgan fingerprint density at radius 3 is 2.68 bits per heavy atom. The summed E-state index contributed by atoms with van der Waals surface area (Å²) in [5.41, 5.74) is 2.86. The monoisotopic (exact) mass is 351 g/mol. The third kappa shape index (κ3) is 3.39. The van der Waals surface area contributed by atoms with Crippen LogP contribution >= 0.6 is 11.8 Å². The standard InChI is InChI=1S/C19H14FN3OS/c1-12-10-18(21-16-5-3-2-4-15(12)16)25-11-17-22-19(24-23-17)13-6-8-14(20)9-7-13/h2-10H,11H2,1H3. The van der Waals surface area contributed by atoms with E-state index < -0.39 is 0 Å². The summed E-state index contributed by atoms with van der Waals surface area (Å²) in [5, 5.41) is 6.06. The molecule has 2 aromatic carbocycles. The Bertz CT molecular complexity index is 1030. The number of halogens is 1. The number of fused-ring (bicyclic) bond motifs is 1. The highest BCUT2D eigenvalue weighted by atomic mass is 32.2. The highest BCUT2D eigenvalue weighted by molar-refractivity contribution is 7.98. The van der Waals surface area contributed by atoms with Gasteiger partial charge in [-0.15, -0.1) is 0 Å². The van der Waals surface area contributed by atoms with E-state index in [-0.39, 0.29) is 5.82 Å². The topological polar surface area (TPSA) is 51.8 Å². The molecule has 4 aromatic rings. The maximum Gasteiger partial charge on any atom is 0.257 e. The van der Waals surface area contributed by atoms with Gasteiger partial charge in [-0.1, -0.05) is 35.1 Å². The molecule has 6 heteroatoms. The van der Waals surface area contributed by atoms with Crippen molar-refractivity contribution in [1.29, 1.82) is 0 Å². The van der Waals surface area contributed by atoms with Gasteiger partial charge in [0.05, 0.1) is 16.3 Å². The minimum absolute atomic E-state index is 0.295. The van der Waals surface area contributed by atoms with Crippen molar-refractivity contribution in [3.8, 4) is 11.5 Å². The largest absolute Gasteiger partial charge is 0.334 e. The van der Waals surface area contributed by atoms with E-state index in [1.807, 2.05) is 18.2 Å². The molecule has 2 aromatic heterocycles. The quantitative estimate of drug-likeness (QED) is 0.483. The molecule has 0 spiro atoms. The first-order chi connectivity index (χ1) is 12.2. The van der Waals surface area contributed by atoms with E-state index in [0.29, 0.717) is 23.0 Å². The van der Waals surface area contributed by atoms with Gasteiger partial charge in [-0.25, -0.2) is 9.37 Å². The zero-order valence-electron chi connectivity index (χ0n) is 13.4. The van der Waals surface area contributed by atoms with Crippen LogP contribution in [0.3, 0.4) is 0 Å². The lowest BCUT2D eigenvalue weighted by Gasteiger charge is -2.04. The fraction of sp³-hybridized carbons (Fsp3) is 0.105. The summed E-state index contributed by atoms with van der Waals surface area (Å²) in [6, 6.07) is 16.1. The second kappa shape index (κ2) is 6.64. The molecule has 0 saturated heterocycles. The maximum absolute atomic E-state index is 13.0. The van der Waals surface area contributed by atoms with Crippen molar-refractivity contribution >= 4 is 22.7 Å². The first kappa shape index (κ1) is 15.8. The van der Waals surface area contributed by atoms with Gasteiger partial charge in [-0.2, -0.15) is 4.98 Å². The van der Waals surface area contributed by atoms with Crippen LogP contribution in [0.25, 0.3) is 22.4 Å². The predicted molar refractivity (Wildman–Crippen MR) is 95.7 cm³/mol. The van der Waals surface area contributed by atoms with Crippen LogP contribution in [-0.2, 0) is 5.75 Å². The molecule has 124 valence electrons. The lowest BCUT2D eigenvalue weighted by Crippen LogP contribution is -1.89. The van der Waals surface area contributed by atoms with Crippen LogP contribution in [0.2, 0.25) is 0 Å². The Balaban J connectivity index is 1.51. The second-order valence-electron chi connectivity index (χ2n) is 5.61. The van der Waals surface area contributed by atoms with Gasteiger partial charge in [0.2, 0.25) is 0 Å². The van der Waals surface area contributed by atoms with E-state index in [2.05, 4.69) is 34.2 Å². The minimum atomic E-state index is -0.295. The molecule has 0 N–H and O–H groups in total. The summed E-state index contributed by atoms with van der Waals surface area (Å²) in [4.78, 5) is 9.02. The molecular weight excluding hydrogens is 337 g/mol. The Labute approximate surface area is 148 Å². The Morgan fingerprint density at radius 1 is 1.04 bits per heavy atom. The summed E-state index contributed by atoms with van der Waals surface area (Å²) in [7, 11) is 0. The number of hydrogen-bond acceptors (Lipinski definition) is 5. The number of para-hydroxylation sites is 1. The van der Waals surface area contributed by atoms with E-state index in [0.717, 1.165) is 15.9 Å². The molecule has 0 radical (unpaired) electrons. The third-order valence-corrected chi connectivity index (χ3v) is 4.72. The molecule has 0 atom stereocenters. The molecule has 0 saturated carbocycles. The summed E-state index contributed by atoms with van der Waals surface area (Å²) in [6.07, 6.45) is 0. The first-order valence-electron chi connectivity index (χ1n) is 7.77. The normalized spacial score (nSPS) is 11.1. The minimum Gasteiger partial charge on any atom is -0.334 e. The number of thioether (sulfide) groups is 1. The van der Waals surface area contributed by atoms with Crippen molar-refractivity contribution in [3.63, 3.8) is 0 Å².